The van der Waals surface area contributed by atoms with Gasteiger partial charge in [0.25, 0.3) is 0 Å². The van der Waals surface area contributed by atoms with Crippen LogP contribution in [0, 0.1) is 0 Å². The topological polar surface area (TPSA) is 55.3 Å². The van der Waals surface area contributed by atoms with E-state index in [9.17, 15) is 0 Å². The molecule has 0 atom stereocenters. The summed E-state index contributed by atoms with van der Waals surface area (Å²) < 4.78 is 5.57. The van der Waals surface area contributed by atoms with E-state index in [2.05, 4.69) is 16.9 Å². The maximum absolute atomic E-state index is 5.96. The van der Waals surface area contributed by atoms with Gasteiger partial charge in [0.1, 0.15) is 6.26 Å². The highest BCUT2D eigenvalue weighted by molar-refractivity contribution is 7.13. The molecule has 0 spiro atoms. The minimum absolute atomic E-state index is 0.400. The summed E-state index contributed by atoms with van der Waals surface area (Å²) in [6.45, 7) is 0.842. The van der Waals surface area contributed by atoms with Crippen molar-refractivity contribution in [3.05, 3.63) is 29.5 Å². The zero-order chi connectivity index (χ0) is 13.9. The summed E-state index contributed by atoms with van der Waals surface area (Å²) in [5, 5.41) is 2.04. The SMILES string of the molecule is CN(Cc1coc(-c2cccs2)n1)C1CCC(N)CC1. The molecule has 108 valence electrons. The second-order valence-electron chi connectivity index (χ2n) is 5.61. The van der Waals surface area contributed by atoms with Crippen molar-refractivity contribution in [2.24, 2.45) is 5.73 Å². The van der Waals surface area contributed by atoms with Crippen LogP contribution in [0.4, 0.5) is 0 Å². The molecule has 4 nitrogen and oxygen atoms in total. The van der Waals surface area contributed by atoms with Crippen LogP contribution in [0.15, 0.2) is 28.2 Å². The molecule has 20 heavy (non-hydrogen) atoms. The summed E-state index contributed by atoms with van der Waals surface area (Å²) in [7, 11) is 2.17. The number of thiophene rings is 1. The molecule has 2 N–H and O–H groups in total. The fourth-order valence-corrected chi connectivity index (χ4v) is 3.48. The van der Waals surface area contributed by atoms with Crippen LogP contribution in [-0.2, 0) is 6.54 Å². The van der Waals surface area contributed by atoms with Crippen molar-refractivity contribution in [3.8, 4) is 10.8 Å². The minimum Gasteiger partial charge on any atom is -0.444 e. The van der Waals surface area contributed by atoms with E-state index < -0.39 is 0 Å². The quantitative estimate of drug-likeness (QED) is 0.940. The second-order valence-corrected chi connectivity index (χ2v) is 6.55. The molecule has 0 aliphatic heterocycles. The van der Waals surface area contributed by atoms with Gasteiger partial charge in [0.2, 0.25) is 5.89 Å². The molecule has 0 saturated heterocycles. The smallest absolute Gasteiger partial charge is 0.236 e. The van der Waals surface area contributed by atoms with Crippen molar-refractivity contribution in [1.29, 1.82) is 0 Å². The van der Waals surface area contributed by atoms with Crippen molar-refractivity contribution < 1.29 is 4.42 Å². The first-order chi connectivity index (χ1) is 9.72. The highest BCUT2D eigenvalue weighted by atomic mass is 32.1. The van der Waals surface area contributed by atoms with Crippen LogP contribution in [0.1, 0.15) is 31.4 Å². The Balaban J connectivity index is 1.60. The van der Waals surface area contributed by atoms with Gasteiger partial charge in [0.15, 0.2) is 0 Å². The molecule has 1 aliphatic carbocycles. The van der Waals surface area contributed by atoms with Crippen LogP contribution in [-0.4, -0.2) is 29.0 Å². The molecule has 0 bridgehead atoms. The first kappa shape index (κ1) is 13.8. The number of hydrogen-bond donors (Lipinski definition) is 1. The molecule has 0 aromatic carbocycles. The monoisotopic (exact) mass is 291 g/mol. The summed E-state index contributed by atoms with van der Waals surface area (Å²) in [4.78, 5) is 8.04. The lowest BCUT2D eigenvalue weighted by Crippen LogP contribution is -2.38. The van der Waals surface area contributed by atoms with E-state index in [-0.39, 0.29) is 0 Å². The van der Waals surface area contributed by atoms with Crippen molar-refractivity contribution in [1.82, 2.24) is 9.88 Å². The zero-order valence-corrected chi connectivity index (χ0v) is 12.6. The van der Waals surface area contributed by atoms with E-state index in [1.54, 1.807) is 17.6 Å². The molecule has 3 rings (SSSR count). The highest BCUT2D eigenvalue weighted by Crippen LogP contribution is 2.25. The number of nitrogens with zero attached hydrogens (tertiary/aromatic N) is 2. The molecule has 1 aliphatic rings. The lowest BCUT2D eigenvalue weighted by Gasteiger charge is -2.32. The molecule has 2 heterocycles. The largest absolute Gasteiger partial charge is 0.444 e. The van der Waals surface area contributed by atoms with E-state index >= 15 is 0 Å². The van der Waals surface area contributed by atoms with E-state index in [0.717, 1.165) is 35.8 Å². The normalized spacial score (nSPS) is 23.4. The molecule has 1 fully saturated rings. The van der Waals surface area contributed by atoms with Crippen LogP contribution in [0.25, 0.3) is 10.8 Å². The van der Waals surface area contributed by atoms with Gasteiger partial charge in [-0.05, 0) is 44.2 Å². The first-order valence-electron chi connectivity index (χ1n) is 7.16. The molecule has 0 unspecified atom stereocenters. The predicted molar refractivity (Wildman–Crippen MR) is 81.5 cm³/mol. The Morgan fingerprint density at radius 3 is 2.90 bits per heavy atom. The predicted octanol–water partition coefficient (Wildman–Crippen LogP) is 3.10. The minimum atomic E-state index is 0.400. The number of aromatic nitrogens is 1. The van der Waals surface area contributed by atoms with Crippen LogP contribution < -0.4 is 5.73 Å². The Bertz CT molecular complexity index is 529. The second kappa shape index (κ2) is 6.08. The van der Waals surface area contributed by atoms with E-state index in [1.165, 1.54) is 12.8 Å². The Morgan fingerprint density at radius 1 is 1.40 bits per heavy atom. The fraction of sp³-hybridized carbons (Fsp3) is 0.533. The van der Waals surface area contributed by atoms with Gasteiger partial charge < -0.3 is 10.2 Å². The lowest BCUT2D eigenvalue weighted by atomic mass is 9.91. The Morgan fingerprint density at radius 2 is 2.20 bits per heavy atom. The third-order valence-electron chi connectivity index (χ3n) is 4.06. The Labute approximate surface area is 123 Å². The van der Waals surface area contributed by atoms with Gasteiger partial charge in [-0.25, -0.2) is 4.98 Å². The molecule has 0 radical (unpaired) electrons. The van der Waals surface area contributed by atoms with Gasteiger partial charge in [0, 0.05) is 18.6 Å². The number of hydrogen-bond acceptors (Lipinski definition) is 5. The highest BCUT2D eigenvalue weighted by Gasteiger charge is 2.22. The van der Waals surface area contributed by atoms with Crippen molar-refractivity contribution in [2.45, 2.75) is 44.3 Å². The zero-order valence-electron chi connectivity index (χ0n) is 11.8. The van der Waals surface area contributed by atoms with Crippen LogP contribution in [0.3, 0.4) is 0 Å². The summed E-state index contributed by atoms with van der Waals surface area (Å²) in [6.07, 6.45) is 6.42. The Kier molecular flexibility index (Phi) is 4.19. The third kappa shape index (κ3) is 3.11. The van der Waals surface area contributed by atoms with Gasteiger partial charge in [0.05, 0.1) is 10.6 Å². The van der Waals surface area contributed by atoms with Crippen LogP contribution in [0.2, 0.25) is 0 Å². The van der Waals surface area contributed by atoms with E-state index in [1.807, 2.05) is 17.5 Å². The fourth-order valence-electron chi connectivity index (χ4n) is 2.82. The molecular formula is C15H21N3OS. The number of nitrogens with two attached hydrogens (primary N) is 1. The van der Waals surface area contributed by atoms with Crippen molar-refractivity contribution in [3.63, 3.8) is 0 Å². The van der Waals surface area contributed by atoms with Gasteiger partial charge in [-0.2, -0.15) is 0 Å². The molecule has 2 aromatic heterocycles. The van der Waals surface area contributed by atoms with Crippen LogP contribution >= 0.6 is 11.3 Å². The van der Waals surface area contributed by atoms with Crippen molar-refractivity contribution >= 4 is 11.3 Å². The standard InChI is InChI=1S/C15H21N3OS/c1-18(13-6-4-11(16)5-7-13)9-12-10-19-15(17-12)14-3-2-8-20-14/h2-3,8,10-11,13H,4-7,9,16H2,1H3. The molecule has 5 heteroatoms. The average Bonchev–Trinajstić information content (AvgIpc) is 3.09. The summed E-state index contributed by atoms with van der Waals surface area (Å²) >= 11 is 1.65. The average molecular weight is 291 g/mol. The molecule has 2 aromatic rings. The van der Waals surface area contributed by atoms with E-state index in [4.69, 9.17) is 10.2 Å². The lowest BCUT2D eigenvalue weighted by molar-refractivity contribution is 0.174. The summed E-state index contributed by atoms with van der Waals surface area (Å²) in [6, 6.07) is 5.07. The van der Waals surface area contributed by atoms with Gasteiger partial charge in [-0.3, -0.25) is 4.90 Å². The molecular weight excluding hydrogens is 270 g/mol. The van der Waals surface area contributed by atoms with Gasteiger partial charge >= 0.3 is 0 Å². The van der Waals surface area contributed by atoms with Gasteiger partial charge in [-0.1, -0.05) is 6.07 Å². The molecule has 0 amide bonds. The summed E-state index contributed by atoms with van der Waals surface area (Å²) in [5.41, 5.74) is 6.97. The Hall–Kier alpha value is -1.17. The molecule has 1 saturated carbocycles. The maximum atomic E-state index is 5.96. The summed E-state index contributed by atoms with van der Waals surface area (Å²) in [5.74, 6) is 0.731. The number of oxazole rings is 1. The third-order valence-corrected chi connectivity index (χ3v) is 4.92. The maximum Gasteiger partial charge on any atom is 0.236 e. The van der Waals surface area contributed by atoms with Crippen molar-refractivity contribution in [2.75, 3.05) is 7.05 Å². The van der Waals surface area contributed by atoms with Crippen LogP contribution in [0.5, 0.6) is 0 Å². The number of rotatable bonds is 4. The van der Waals surface area contributed by atoms with Gasteiger partial charge in [-0.15, -0.1) is 11.3 Å². The van der Waals surface area contributed by atoms with E-state index in [0.29, 0.717) is 12.1 Å². The first-order valence-corrected chi connectivity index (χ1v) is 8.04.